The van der Waals surface area contributed by atoms with E-state index in [-0.39, 0.29) is 22.8 Å². The van der Waals surface area contributed by atoms with Crippen molar-refractivity contribution < 1.29 is 18.4 Å². The summed E-state index contributed by atoms with van der Waals surface area (Å²) < 4.78 is 12.7. The lowest BCUT2D eigenvalue weighted by Crippen LogP contribution is -2.41. The highest BCUT2D eigenvalue weighted by molar-refractivity contribution is 6.31. The first-order valence-corrected chi connectivity index (χ1v) is 10.8. The number of hydrogen-bond acceptors (Lipinski definition) is 6. The number of H-pyrrole nitrogens is 2. The van der Waals surface area contributed by atoms with Crippen molar-refractivity contribution in [1.82, 2.24) is 10.5 Å². The van der Waals surface area contributed by atoms with E-state index >= 15 is 0 Å². The van der Waals surface area contributed by atoms with Crippen LogP contribution in [-0.2, 0) is 0 Å². The monoisotopic (exact) mass is 502 g/mol. The molecule has 0 saturated heterocycles. The van der Waals surface area contributed by atoms with Gasteiger partial charge in [0.25, 0.3) is 0 Å². The van der Waals surface area contributed by atoms with Crippen LogP contribution >= 0.6 is 23.2 Å². The molecule has 4 rings (SSSR count). The maximum atomic E-state index is 12.4. The molecule has 2 heterocycles. The molecule has 12 heteroatoms. The largest absolute Gasteiger partial charge is 0.437 e. The lowest BCUT2D eigenvalue weighted by atomic mass is 10.2. The molecule has 0 spiro atoms. The van der Waals surface area contributed by atoms with Crippen molar-refractivity contribution in [3.8, 4) is 11.4 Å². The van der Waals surface area contributed by atoms with Crippen LogP contribution in [0.2, 0.25) is 10.0 Å². The summed E-state index contributed by atoms with van der Waals surface area (Å²) in [6.07, 6.45) is 0. The quantitative estimate of drug-likeness (QED) is 0.247. The fraction of sp³-hybridized carbons (Fsp3) is 0.182. The molecular weight excluding hydrogens is 483 g/mol. The Kier molecular flexibility index (Phi) is 6.36. The predicted molar refractivity (Wildman–Crippen MR) is 126 cm³/mol. The van der Waals surface area contributed by atoms with Gasteiger partial charge in [-0.1, -0.05) is 35.3 Å². The van der Waals surface area contributed by atoms with E-state index < -0.39 is 11.3 Å². The van der Waals surface area contributed by atoms with Gasteiger partial charge in [-0.2, -0.15) is 0 Å². The maximum Gasteiger partial charge on any atom is 0.437 e. The first-order valence-electron chi connectivity index (χ1n) is 10.1. The predicted octanol–water partition coefficient (Wildman–Crippen LogP) is 2.96. The summed E-state index contributed by atoms with van der Waals surface area (Å²) >= 11 is 12.4. The van der Waals surface area contributed by atoms with Crippen molar-refractivity contribution in [3.63, 3.8) is 0 Å². The molecule has 2 N–H and O–H groups in total. The van der Waals surface area contributed by atoms with Gasteiger partial charge in [0.1, 0.15) is 11.4 Å². The van der Waals surface area contributed by atoms with Gasteiger partial charge in [0, 0.05) is 24.3 Å². The zero-order valence-electron chi connectivity index (χ0n) is 18.6. The van der Waals surface area contributed by atoms with E-state index in [4.69, 9.17) is 32.2 Å². The molecule has 0 amide bonds. The third-order valence-corrected chi connectivity index (χ3v) is 5.97. The van der Waals surface area contributed by atoms with Crippen LogP contribution in [0.1, 0.15) is 36.4 Å². The lowest BCUT2D eigenvalue weighted by molar-refractivity contribution is -0.671. The molecule has 0 atom stereocenters. The van der Waals surface area contributed by atoms with Crippen molar-refractivity contribution in [3.05, 3.63) is 89.8 Å². The number of aromatic nitrogens is 4. The Balaban J connectivity index is 1.74. The van der Waals surface area contributed by atoms with Crippen molar-refractivity contribution in [2.45, 2.75) is 27.7 Å². The number of halogens is 2. The SMILES string of the molecule is C/C(=N\N=C(/C)c1c(=O)o[nH][n+]1-c1ccc(C)c(Cl)c1)c1c(=O)o[nH][n+]1-c1ccc(C)c(Cl)c1. The molecule has 0 unspecified atom stereocenters. The number of nitrogens with zero attached hydrogens (tertiary/aromatic N) is 4. The molecule has 0 fully saturated rings. The Morgan fingerprint density at radius 1 is 0.765 bits per heavy atom. The fourth-order valence-corrected chi connectivity index (χ4v) is 3.56. The van der Waals surface area contributed by atoms with Gasteiger partial charge in [-0.25, -0.2) is 9.59 Å². The van der Waals surface area contributed by atoms with Gasteiger partial charge in [-0.15, -0.1) is 10.2 Å². The molecular formula is C22H20Cl2N6O4+2. The van der Waals surface area contributed by atoms with Crippen molar-refractivity contribution in [2.75, 3.05) is 0 Å². The summed E-state index contributed by atoms with van der Waals surface area (Å²) in [5.74, 6) is 0. The zero-order chi connectivity index (χ0) is 24.6. The van der Waals surface area contributed by atoms with Gasteiger partial charge in [0.15, 0.2) is 0 Å². The second kappa shape index (κ2) is 9.24. The Hall–Kier alpha value is -3.76. The highest BCUT2D eigenvalue weighted by Gasteiger charge is 2.29. The van der Waals surface area contributed by atoms with Crippen LogP contribution in [0, 0.1) is 13.8 Å². The lowest BCUT2D eigenvalue weighted by Gasteiger charge is -1.98. The van der Waals surface area contributed by atoms with Crippen LogP contribution in [-0.4, -0.2) is 22.0 Å². The topological polar surface area (TPSA) is 124 Å². The van der Waals surface area contributed by atoms with Crippen LogP contribution in [0.4, 0.5) is 0 Å². The van der Waals surface area contributed by atoms with Gasteiger partial charge < -0.3 is 0 Å². The number of nitrogens with one attached hydrogen (secondary N) is 2. The van der Waals surface area contributed by atoms with Crippen molar-refractivity contribution in [2.24, 2.45) is 10.2 Å². The molecule has 174 valence electrons. The van der Waals surface area contributed by atoms with Crippen LogP contribution in [0.15, 0.2) is 65.2 Å². The smallest absolute Gasteiger partial charge is 0.282 e. The summed E-state index contributed by atoms with van der Waals surface area (Å²) in [4.78, 5) is 24.7. The maximum absolute atomic E-state index is 12.4. The van der Waals surface area contributed by atoms with Gasteiger partial charge in [-0.3, -0.25) is 9.05 Å². The molecule has 10 nitrogen and oxygen atoms in total. The van der Waals surface area contributed by atoms with Crippen LogP contribution < -0.4 is 20.6 Å². The fourth-order valence-electron chi connectivity index (χ4n) is 3.21. The van der Waals surface area contributed by atoms with Crippen LogP contribution in [0.25, 0.3) is 11.4 Å². The van der Waals surface area contributed by atoms with E-state index in [0.29, 0.717) is 21.4 Å². The minimum atomic E-state index is -0.642. The Bertz CT molecular complexity index is 1460. The molecule has 4 aromatic rings. The summed E-state index contributed by atoms with van der Waals surface area (Å²) in [7, 11) is 0. The number of hydrogen-bond donors (Lipinski definition) is 2. The minimum absolute atomic E-state index is 0.121. The number of aromatic amines is 2. The second-order valence-electron chi connectivity index (χ2n) is 7.57. The average Bonchev–Trinajstić information content (AvgIpc) is 3.38. The summed E-state index contributed by atoms with van der Waals surface area (Å²) in [6.45, 7) is 6.93. The first-order chi connectivity index (χ1) is 16.2. The second-order valence-corrected chi connectivity index (χ2v) is 8.38. The van der Waals surface area contributed by atoms with Crippen molar-refractivity contribution >= 4 is 34.6 Å². The summed E-state index contributed by atoms with van der Waals surface area (Å²) in [5, 5.41) is 14.4. The molecule has 0 saturated carbocycles. The third-order valence-electron chi connectivity index (χ3n) is 5.16. The van der Waals surface area contributed by atoms with Crippen LogP contribution in [0.3, 0.4) is 0 Å². The molecule has 0 radical (unpaired) electrons. The van der Waals surface area contributed by atoms with Gasteiger partial charge >= 0.3 is 22.6 Å². The van der Waals surface area contributed by atoms with E-state index in [2.05, 4.69) is 20.7 Å². The van der Waals surface area contributed by atoms with E-state index in [9.17, 15) is 9.59 Å². The normalized spacial score (nSPS) is 12.4. The first kappa shape index (κ1) is 23.4. The van der Waals surface area contributed by atoms with Gasteiger partial charge in [-0.05, 0) is 58.7 Å². The zero-order valence-corrected chi connectivity index (χ0v) is 20.2. The Morgan fingerprint density at radius 3 is 1.50 bits per heavy atom. The Labute approximate surface area is 202 Å². The standard InChI is InChI=1S/C22H19Cl2N6O4/c1-11-5-7-15(9-17(11)23)29-19(21(31)33-27-29)13(3)25-26-14(4)20-22(32)34-28-30(20)16-8-6-12(2)18(24)10-16/h5-10,27H,1-4H3/q+1/p+1. The molecule has 2 aromatic carbocycles. The molecule has 0 aliphatic carbocycles. The van der Waals surface area contributed by atoms with Crippen LogP contribution in [0.5, 0.6) is 0 Å². The number of aryl methyl sites for hydroxylation is 2. The van der Waals surface area contributed by atoms with E-state index in [1.165, 1.54) is 9.36 Å². The van der Waals surface area contributed by atoms with Gasteiger partial charge in [0.2, 0.25) is 11.4 Å². The third kappa shape index (κ3) is 4.37. The average molecular weight is 503 g/mol. The number of rotatable bonds is 5. The highest BCUT2D eigenvalue weighted by atomic mass is 35.5. The summed E-state index contributed by atoms with van der Waals surface area (Å²) in [5.41, 5.74) is 2.38. The minimum Gasteiger partial charge on any atom is -0.282 e. The molecule has 34 heavy (non-hydrogen) atoms. The summed E-state index contributed by atoms with van der Waals surface area (Å²) in [6, 6.07) is 10.6. The highest BCUT2D eigenvalue weighted by Crippen LogP contribution is 2.17. The van der Waals surface area contributed by atoms with E-state index in [0.717, 1.165) is 11.1 Å². The van der Waals surface area contributed by atoms with Gasteiger partial charge in [0.05, 0.1) is 10.0 Å². The van der Waals surface area contributed by atoms with E-state index in [1.807, 2.05) is 26.0 Å². The van der Waals surface area contributed by atoms with Crippen molar-refractivity contribution in [1.29, 1.82) is 0 Å². The molecule has 0 aliphatic rings. The number of benzene rings is 2. The van der Waals surface area contributed by atoms with E-state index in [1.54, 1.807) is 38.1 Å². The molecule has 0 bridgehead atoms. The molecule has 2 aromatic heterocycles. The Morgan fingerprint density at radius 2 is 1.15 bits per heavy atom. The molecule has 0 aliphatic heterocycles.